The Morgan fingerprint density at radius 3 is 2.08 bits per heavy atom. The molecule has 0 radical (unpaired) electrons. The monoisotopic (exact) mass is 209 g/mol. The van der Waals surface area contributed by atoms with Crippen LogP contribution in [0.25, 0.3) is 0 Å². The number of hydrogen-bond acceptors (Lipinski definition) is 3. The van der Waals surface area contributed by atoms with E-state index in [9.17, 15) is 4.79 Å². The highest BCUT2D eigenvalue weighted by Crippen LogP contribution is 2.02. The van der Waals surface area contributed by atoms with Crippen molar-refractivity contribution in [3.05, 3.63) is 0 Å². The van der Waals surface area contributed by atoms with Crippen molar-refractivity contribution in [2.45, 2.75) is 33.7 Å². The molecule has 4 heteroatoms. The van der Waals surface area contributed by atoms with E-state index in [1.54, 1.807) is 0 Å². The van der Waals surface area contributed by atoms with Gasteiger partial charge < -0.3 is 10.5 Å². The molecule has 0 bridgehead atoms. The van der Waals surface area contributed by atoms with Crippen molar-refractivity contribution in [2.24, 2.45) is 17.6 Å². The fourth-order valence-electron chi connectivity index (χ4n) is 0.617. The molecule has 0 fully saturated rings. The van der Waals surface area contributed by atoms with Crippen molar-refractivity contribution >= 4 is 18.4 Å². The average Bonchev–Trinajstić information content (AvgIpc) is 1.98. The Bertz CT molecular complexity index is 149. The van der Waals surface area contributed by atoms with E-state index >= 15 is 0 Å². The Labute approximate surface area is 86.4 Å². The van der Waals surface area contributed by atoms with Crippen LogP contribution in [0.2, 0.25) is 0 Å². The van der Waals surface area contributed by atoms with Crippen molar-refractivity contribution in [2.75, 3.05) is 6.61 Å². The molecule has 0 aliphatic carbocycles. The normalized spacial score (nSPS) is 12.5. The molecule has 2 N–H and O–H groups in total. The summed E-state index contributed by atoms with van der Waals surface area (Å²) in [5.74, 6) is 0.219. The predicted octanol–water partition coefficient (Wildman–Crippen LogP) is 1.59. The maximum atomic E-state index is 11.1. The van der Waals surface area contributed by atoms with Gasteiger partial charge in [-0.05, 0) is 11.8 Å². The summed E-state index contributed by atoms with van der Waals surface area (Å²) in [6, 6.07) is -0.483. The number of hydrogen-bond donors (Lipinski definition) is 1. The Hall–Kier alpha value is -0.280. The number of carbonyl (C=O) groups is 1. The van der Waals surface area contributed by atoms with Crippen LogP contribution >= 0.6 is 12.4 Å². The molecular formula is C9H20ClNO2. The predicted molar refractivity (Wildman–Crippen MR) is 55.9 cm³/mol. The van der Waals surface area contributed by atoms with Crippen LogP contribution in [0.15, 0.2) is 0 Å². The zero-order chi connectivity index (χ0) is 9.72. The zero-order valence-electron chi connectivity index (χ0n) is 8.74. The second-order valence-electron chi connectivity index (χ2n) is 3.79. The third kappa shape index (κ3) is 6.84. The number of esters is 1. The molecule has 0 heterocycles. The Morgan fingerprint density at radius 2 is 1.77 bits per heavy atom. The average molecular weight is 210 g/mol. The van der Waals surface area contributed by atoms with Crippen LogP contribution in [-0.2, 0) is 9.53 Å². The maximum absolute atomic E-state index is 11.1. The van der Waals surface area contributed by atoms with Gasteiger partial charge in [-0.1, -0.05) is 27.7 Å². The van der Waals surface area contributed by atoms with Gasteiger partial charge in [-0.25, -0.2) is 0 Å². The van der Waals surface area contributed by atoms with Crippen molar-refractivity contribution in [1.82, 2.24) is 0 Å². The number of carbonyl (C=O) groups excluding carboxylic acids is 1. The molecule has 0 spiro atoms. The summed E-state index contributed by atoms with van der Waals surface area (Å²) in [5.41, 5.74) is 5.57. The number of nitrogens with two attached hydrogens (primary N) is 1. The van der Waals surface area contributed by atoms with Crippen LogP contribution in [0.4, 0.5) is 0 Å². The summed E-state index contributed by atoms with van der Waals surface area (Å²) in [4.78, 5) is 11.1. The maximum Gasteiger partial charge on any atom is 0.323 e. The van der Waals surface area contributed by atoms with Gasteiger partial charge in [0, 0.05) is 0 Å². The first-order valence-electron chi connectivity index (χ1n) is 4.37. The Balaban J connectivity index is 0. The van der Waals surface area contributed by atoms with Gasteiger partial charge in [0.15, 0.2) is 0 Å². The van der Waals surface area contributed by atoms with Crippen LogP contribution in [0.5, 0.6) is 0 Å². The van der Waals surface area contributed by atoms with E-state index < -0.39 is 6.04 Å². The van der Waals surface area contributed by atoms with E-state index in [-0.39, 0.29) is 24.3 Å². The van der Waals surface area contributed by atoms with Gasteiger partial charge in [0.1, 0.15) is 6.04 Å². The molecule has 13 heavy (non-hydrogen) atoms. The molecule has 0 aliphatic rings. The lowest BCUT2D eigenvalue weighted by Gasteiger charge is -2.15. The molecule has 80 valence electrons. The van der Waals surface area contributed by atoms with Crippen LogP contribution in [0.1, 0.15) is 27.7 Å². The first kappa shape index (κ1) is 15.2. The van der Waals surface area contributed by atoms with Gasteiger partial charge in [0.05, 0.1) is 6.61 Å². The number of ether oxygens (including phenoxy) is 1. The molecule has 0 saturated carbocycles. The highest BCUT2D eigenvalue weighted by molar-refractivity contribution is 5.85. The molecule has 0 aliphatic heterocycles. The standard InChI is InChI=1S/C9H19NO2.ClH/c1-6(2)5-12-9(11)8(10)7(3)4;/h6-8H,5,10H2,1-4H3;1H/t8-;/m0./s1. The highest BCUT2D eigenvalue weighted by Gasteiger charge is 2.18. The lowest BCUT2D eigenvalue weighted by Crippen LogP contribution is -2.37. The highest BCUT2D eigenvalue weighted by atomic mass is 35.5. The smallest absolute Gasteiger partial charge is 0.323 e. The Kier molecular flexibility index (Phi) is 8.37. The summed E-state index contributed by atoms with van der Waals surface area (Å²) in [5, 5.41) is 0. The second-order valence-corrected chi connectivity index (χ2v) is 3.79. The van der Waals surface area contributed by atoms with Crippen molar-refractivity contribution in [1.29, 1.82) is 0 Å². The van der Waals surface area contributed by atoms with Gasteiger partial charge in [0.25, 0.3) is 0 Å². The molecule has 0 rings (SSSR count). The molecule has 3 nitrogen and oxygen atoms in total. The summed E-state index contributed by atoms with van der Waals surface area (Å²) in [7, 11) is 0. The molecule has 0 amide bonds. The zero-order valence-corrected chi connectivity index (χ0v) is 9.56. The summed E-state index contributed by atoms with van der Waals surface area (Å²) in [6.07, 6.45) is 0. The quantitative estimate of drug-likeness (QED) is 0.716. The molecule has 0 unspecified atom stereocenters. The van der Waals surface area contributed by atoms with Gasteiger partial charge in [0.2, 0.25) is 0 Å². The topological polar surface area (TPSA) is 52.3 Å². The van der Waals surface area contributed by atoms with E-state index in [4.69, 9.17) is 10.5 Å². The molecule has 0 aromatic rings. The van der Waals surface area contributed by atoms with Crippen molar-refractivity contribution in [3.63, 3.8) is 0 Å². The van der Waals surface area contributed by atoms with E-state index in [0.29, 0.717) is 12.5 Å². The minimum atomic E-state index is -0.483. The van der Waals surface area contributed by atoms with Gasteiger partial charge in [-0.3, -0.25) is 4.79 Å². The summed E-state index contributed by atoms with van der Waals surface area (Å²) >= 11 is 0. The van der Waals surface area contributed by atoms with Crippen molar-refractivity contribution < 1.29 is 9.53 Å². The minimum Gasteiger partial charge on any atom is -0.464 e. The van der Waals surface area contributed by atoms with Crippen LogP contribution < -0.4 is 5.73 Å². The third-order valence-corrected chi connectivity index (χ3v) is 1.55. The molecule has 1 atom stereocenters. The van der Waals surface area contributed by atoms with Crippen molar-refractivity contribution in [3.8, 4) is 0 Å². The van der Waals surface area contributed by atoms with Gasteiger partial charge in [-0.15, -0.1) is 12.4 Å². The first-order chi connectivity index (χ1) is 5.45. The SMILES string of the molecule is CC(C)COC(=O)[C@@H](N)C(C)C.Cl. The first-order valence-corrected chi connectivity index (χ1v) is 4.37. The molecule has 0 saturated heterocycles. The molecular weight excluding hydrogens is 190 g/mol. The fraction of sp³-hybridized carbons (Fsp3) is 0.889. The van der Waals surface area contributed by atoms with E-state index in [0.717, 1.165) is 0 Å². The molecule has 0 aromatic heterocycles. The number of halogens is 1. The largest absolute Gasteiger partial charge is 0.464 e. The fourth-order valence-corrected chi connectivity index (χ4v) is 0.617. The van der Waals surface area contributed by atoms with Gasteiger partial charge in [-0.2, -0.15) is 0 Å². The summed E-state index contributed by atoms with van der Waals surface area (Å²) in [6.45, 7) is 8.25. The van der Waals surface area contributed by atoms with E-state index in [1.165, 1.54) is 0 Å². The van der Waals surface area contributed by atoms with E-state index in [1.807, 2.05) is 27.7 Å². The van der Waals surface area contributed by atoms with Crippen LogP contribution in [0, 0.1) is 11.8 Å². The lowest BCUT2D eigenvalue weighted by atomic mass is 10.1. The lowest BCUT2D eigenvalue weighted by molar-refractivity contribution is -0.147. The Morgan fingerprint density at radius 1 is 1.31 bits per heavy atom. The summed E-state index contributed by atoms with van der Waals surface area (Å²) < 4.78 is 4.96. The van der Waals surface area contributed by atoms with Crippen LogP contribution in [-0.4, -0.2) is 18.6 Å². The molecule has 0 aromatic carbocycles. The van der Waals surface area contributed by atoms with Gasteiger partial charge >= 0.3 is 5.97 Å². The minimum absolute atomic E-state index is 0. The number of rotatable bonds is 4. The third-order valence-electron chi connectivity index (χ3n) is 1.55. The van der Waals surface area contributed by atoms with Crippen LogP contribution in [0.3, 0.4) is 0 Å². The van der Waals surface area contributed by atoms with E-state index in [2.05, 4.69) is 0 Å². The second kappa shape index (κ2) is 7.15.